The number of aryl methyl sites for hydroxylation is 1. The van der Waals surface area contributed by atoms with E-state index >= 15 is 0 Å². The Balaban J connectivity index is 2.56. The number of fused-ring (bicyclic) bond motifs is 1. The van der Waals surface area contributed by atoms with Crippen LogP contribution in [-0.4, -0.2) is 29.6 Å². The normalized spacial score (nSPS) is 10.8. The van der Waals surface area contributed by atoms with E-state index in [1.807, 2.05) is 7.05 Å². The van der Waals surface area contributed by atoms with Gasteiger partial charge in [-0.25, -0.2) is 4.98 Å². The molecule has 0 aromatic carbocycles. The molecule has 0 amide bonds. The van der Waals surface area contributed by atoms with Crippen molar-refractivity contribution in [3.8, 4) is 6.07 Å². The third kappa shape index (κ3) is 2.83. The first-order valence-corrected chi connectivity index (χ1v) is 7.48. The van der Waals surface area contributed by atoms with Gasteiger partial charge in [0.2, 0.25) is 5.95 Å². The van der Waals surface area contributed by atoms with Crippen LogP contribution < -0.4 is 10.2 Å². The van der Waals surface area contributed by atoms with Gasteiger partial charge >= 0.3 is 0 Å². The van der Waals surface area contributed by atoms with Gasteiger partial charge in [-0.3, -0.25) is 0 Å². The molecule has 0 saturated heterocycles. The molecule has 20 heavy (non-hydrogen) atoms. The summed E-state index contributed by atoms with van der Waals surface area (Å²) in [6.45, 7) is 6.98. The maximum absolute atomic E-state index is 8.84. The molecule has 6 heteroatoms. The van der Waals surface area contributed by atoms with Crippen molar-refractivity contribution in [2.24, 2.45) is 0 Å². The predicted molar refractivity (Wildman–Crippen MR) is 84.4 cm³/mol. The summed E-state index contributed by atoms with van der Waals surface area (Å²) in [5.41, 5.74) is 0. The summed E-state index contributed by atoms with van der Waals surface area (Å²) in [7, 11) is 1.82. The average Bonchev–Trinajstić information content (AvgIpc) is 2.78. The van der Waals surface area contributed by atoms with Gasteiger partial charge in [-0.1, -0.05) is 0 Å². The van der Waals surface area contributed by atoms with E-state index in [0.717, 1.165) is 16.0 Å². The van der Waals surface area contributed by atoms with Crippen LogP contribution in [0, 0.1) is 18.3 Å². The maximum Gasteiger partial charge on any atom is 0.225 e. The molecule has 5 nitrogen and oxygen atoms in total. The van der Waals surface area contributed by atoms with E-state index in [1.165, 1.54) is 4.88 Å². The zero-order chi connectivity index (χ0) is 14.7. The van der Waals surface area contributed by atoms with E-state index in [1.54, 1.807) is 11.3 Å². The van der Waals surface area contributed by atoms with Crippen molar-refractivity contribution in [2.75, 3.05) is 23.8 Å². The number of anilines is 2. The van der Waals surface area contributed by atoms with Gasteiger partial charge in [0.15, 0.2) is 0 Å². The lowest BCUT2D eigenvalue weighted by Gasteiger charge is -2.27. The van der Waals surface area contributed by atoms with Crippen LogP contribution in [0.25, 0.3) is 10.2 Å². The lowest BCUT2D eigenvalue weighted by molar-refractivity contribution is 0.679. The number of hydrogen-bond acceptors (Lipinski definition) is 6. The molecule has 0 fully saturated rings. The summed E-state index contributed by atoms with van der Waals surface area (Å²) in [5.74, 6) is 1.53. The molecule has 0 spiro atoms. The molecule has 0 aliphatic heterocycles. The van der Waals surface area contributed by atoms with E-state index < -0.39 is 0 Å². The molecule has 0 unspecified atom stereocenters. The van der Waals surface area contributed by atoms with Crippen LogP contribution in [0.3, 0.4) is 0 Å². The molecule has 1 N–H and O–H groups in total. The smallest absolute Gasteiger partial charge is 0.225 e. The zero-order valence-corrected chi connectivity index (χ0v) is 13.1. The quantitative estimate of drug-likeness (QED) is 0.916. The van der Waals surface area contributed by atoms with Crippen LogP contribution in [0.2, 0.25) is 0 Å². The summed E-state index contributed by atoms with van der Waals surface area (Å²) in [4.78, 5) is 13.5. The highest BCUT2D eigenvalue weighted by atomic mass is 32.1. The molecule has 2 aromatic rings. The van der Waals surface area contributed by atoms with Gasteiger partial charge in [-0.15, -0.1) is 11.3 Å². The third-order valence-corrected chi connectivity index (χ3v) is 4.02. The minimum Gasteiger partial charge on any atom is -0.357 e. The van der Waals surface area contributed by atoms with Gasteiger partial charge in [0, 0.05) is 24.5 Å². The fourth-order valence-electron chi connectivity index (χ4n) is 2.14. The topological polar surface area (TPSA) is 64.8 Å². The van der Waals surface area contributed by atoms with Crippen molar-refractivity contribution in [3.05, 3.63) is 10.9 Å². The van der Waals surface area contributed by atoms with Gasteiger partial charge in [-0.05, 0) is 26.8 Å². The molecule has 0 saturated carbocycles. The van der Waals surface area contributed by atoms with Crippen LogP contribution in [0.1, 0.15) is 25.1 Å². The van der Waals surface area contributed by atoms with E-state index in [4.69, 9.17) is 5.26 Å². The molecule has 0 bridgehead atoms. The molecule has 2 heterocycles. The number of hydrogen-bond donors (Lipinski definition) is 1. The Morgan fingerprint density at radius 2 is 2.20 bits per heavy atom. The number of nitrogens with zero attached hydrogens (tertiary/aromatic N) is 4. The van der Waals surface area contributed by atoms with E-state index in [0.29, 0.717) is 18.9 Å². The Morgan fingerprint density at radius 3 is 2.80 bits per heavy atom. The minimum atomic E-state index is 0.284. The standard InChI is InChI=1S/C14H19N5S/c1-9(2)19(7-5-6-15)12-11-8-10(3)20-13(11)18-14(16-4)17-12/h8-9H,5,7H2,1-4H3,(H,16,17,18). The summed E-state index contributed by atoms with van der Waals surface area (Å²) < 4.78 is 0. The number of rotatable bonds is 5. The van der Waals surface area contributed by atoms with Crippen LogP contribution in [0.15, 0.2) is 6.07 Å². The van der Waals surface area contributed by atoms with Crippen molar-refractivity contribution in [1.29, 1.82) is 5.26 Å². The Bertz CT molecular complexity index is 641. The number of nitrogens with one attached hydrogen (secondary N) is 1. The van der Waals surface area contributed by atoms with Gasteiger partial charge < -0.3 is 10.2 Å². The minimum absolute atomic E-state index is 0.284. The molecule has 0 atom stereocenters. The van der Waals surface area contributed by atoms with Gasteiger partial charge in [0.25, 0.3) is 0 Å². The molecule has 0 aliphatic carbocycles. The highest BCUT2D eigenvalue weighted by molar-refractivity contribution is 7.18. The number of aromatic nitrogens is 2. The lowest BCUT2D eigenvalue weighted by atomic mass is 10.2. The SMILES string of the molecule is CNc1nc(N(CCC#N)C(C)C)c2cc(C)sc2n1. The van der Waals surface area contributed by atoms with Crippen molar-refractivity contribution in [2.45, 2.75) is 33.2 Å². The first-order valence-electron chi connectivity index (χ1n) is 6.66. The van der Waals surface area contributed by atoms with Crippen molar-refractivity contribution >= 4 is 33.3 Å². The van der Waals surface area contributed by atoms with Crippen molar-refractivity contribution < 1.29 is 0 Å². The second kappa shape index (κ2) is 6.06. The zero-order valence-electron chi connectivity index (χ0n) is 12.3. The lowest BCUT2D eigenvalue weighted by Crippen LogP contribution is -2.32. The molecule has 2 aromatic heterocycles. The molecule has 0 aliphatic rings. The number of nitriles is 1. The van der Waals surface area contributed by atoms with E-state index in [2.05, 4.69) is 53.1 Å². The number of thiophene rings is 1. The van der Waals surface area contributed by atoms with Crippen LogP contribution in [0.4, 0.5) is 11.8 Å². The van der Waals surface area contributed by atoms with Crippen molar-refractivity contribution in [3.63, 3.8) is 0 Å². The molecular weight excluding hydrogens is 270 g/mol. The molecule has 106 valence electrons. The second-order valence-corrected chi connectivity index (χ2v) is 6.13. The largest absolute Gasteiger partial charge is 0.357 e. The summed E-state index contributed by atoms with van der Waals surface area (Å²) in [6, 6.07) is 4.61. The fraction of sp³-hybridized carbons (Fsp3) is 0.500. The Morgan fingerprint density at radius 1 is 1.45 bits per heavy atom. The predicted octanol–water partition coefficient (Wildman–Crippen LogP) is 3.17. The highest BCUT2D eigenvalue weighted by Gasteiger charge is 2.18. The molecule has 2 rings (SSSR count). The third-order valence-electron chi connectivity index (χ3n) is 3.08. The summed E-state index contributed by atoms with van der Waals surface area (Å²) in [6.07, 6.45) is 0.488. The van der Waals surface area contributed by atoms with Crippen LogP contribution >= 0.6 is 11.3 Å². The van der Waals surface area contributed by atoms with Gasteiger partial charge in [-0.2, -0.15) is 10.2 Å². The Kier molecular flexibility index (Phi) is 4.40. The average molecular weight is 289 g/mol. The van der Waals surface area contributed by atoms with E-state index in [9.17, 15) is 0 Å². The van der Waals surface area contributed by atoms with Crippen molar-refractivity contribution in [1.82, 2.24) is 9.97 Å². The highest BCUT2D eigenvalue weighted by Crippen LogP contribution is 2.32. The Hall–Kier alpha value is -1.87. The first-order chi connectivity index (χ1) is 9.56. The van der Waals surface area contributed by atoms with Gasteiger partial charge in [0.1, 0.15) is 10.6 Å². The Labute approximate surface area is 123 Å². The second-order valence-electron chi connectivity index (χ2n) is 4.89. The van der Waals surface area contributed by atoms with Gasteiger partial charge in [0.05, 0.1) is 17.9 Å². The summed E-state index contributed by atoms with van der Waals surface area (Å²) in [5, 5.41) is 12.9. The fourth-order valence-corrected chi connectivity index (χ4v) is 3.01. The molecule has 0 radical (unpaired) electrons. The van der Waals surface area contributed by atoms with Crippen LogP contribution in [-0.2, 0) is 0 Å². The van der Waals surface area contributed by atoms with E-state index in [-0.39, 0.29) is 6.04 Å². The first kappa shape index (κ1) is 14.5. The maximum atomic E-state index is 8.84. The van der Waals surface area contributed by atoms with Crippen LogP contribution in [0.5, 0.6) is 0 Å². The monoisotopic (exact) mass is 289 g/mol. The molecular formula is C14H19N5S. The summed E-state index contributed by atoms with van der Waals surface area (Å²) >= 11 is 1.67.